The zero-order chi connectivity index (χ0) is 30.0. The Morgan fingerprint density at radius 2 is 1.55 bits per heavy atom. The number of nitrogens with zero attached hydrogens (tertiary/aromatic N) is 7. The number of amides is 2. The highest BCUT2D eigenvalue weighted by atomic mass is 16.6. The van der Waals surface area contributed by atoms with Crippen LogP contribution in [-0.4, -0.2) is 84.4 Å². The van der Waals surface area contributed by atoms with Crippen LogP contribution in [0.2, 0.25) is 0 Å². The van der Waals surface area contributed by atoms with E-state index in [-0.39, 0.29) is 18.5 Å². The van der Waals surface area contributed by atoms with Crippen LogP contribution in [0.1, 0.15) is 90.9 Å². The van der Waals surface area contributed by atoms with Crippen molar-refractivity contribution in [3.63, 3.8) is 0 Å². The Kier molecular flexibility index (Phi) is 7.06. The first kappa shape index (κ1) is 28.6. The molecule has 0 N–H and O–H groups in total. The second-order valence-electron chi connectivity index (χ2n) is 14.4. The molecule has 11 nitrogen and oxygen atoms in total. The molecule has 42 heavy (non-hydrogen) atoms. The summed E-state index contributed by atoms with van der Waals surface area (Å²) in [4.78, 5) is 34.1. The molecule has 11 heteroatoms. The average Bonchev–Trinajstić information content (AvgIpc) is 3.44. The predicted molar refractivity (Wildman–Crippen MR) is 158 cm³/mol. The number of imide groups is 1. The van der Waals surface area contributed by atoms with Crippen molar-refractivity contribution in [1.82, 2.24) is 34.3 Å². The summed E-state index contributed by atoms with van der Waals surface area (Å²) in [5, 5.41) is 11.0. The summed E-state index contributed by atoms with van der Waals surface area (Å²) in [6.45, 7) is 13.0. The predicted octanol–water partition coefficient (Wildman–Crippen LogP) is 5.78. The molecule has 1 saturated heterocycles. The van der Waals surface area contributed by atoms with E-state index in [4.69, 9.17) is 24.7 Å². The molecule has 4 heterocycles. The van der Waals surface area contributed by atoms with Crippen LogP contribution in [0.4, 0.5) is 9.59 Å². The van der Waals surface area contributed by atoms with Crippen molar-refractivity contribution in [2.75, 3.05) is 26.7 Å². The zero-order valence-electron chi connectivity index (χ0n) is 25.8. The van der Waals surface area contributed by atoms with Crippen LogP contribution in [0.3, 0.4) is 0 Å². The topological polar surface area (TPSA) is 108 Å². The zero-order valence-corrected chi connectivity index (χ0v) is 25.8. The number of carbonyl (C=O) groups excluding carboxylic acids is 2. The quantitative estimate of drug-likeness (QED) is 0.363. The van der Waals surface area contributed by atoms with Gasteiger partial charge in [0.2, 0.25) is 0 Å². The lowest BCUT2D eigenvalue weighted by Gasteiger charge is -2.38. The number of hydrogen-bond donors (Lipinski definition) is 0. The first-order valence-electron chi connectivity index (χ1n) is 15.1. The van der Waals surface area contributed by atoms with Crippen molar-refractivity contribution >= 4 is 23.1 Å². The van der Waals surface area contributed by atoms with Gasteiger partial charge in [0.05, 0.1) is 29.0 Å². The highest BCUT2D eigenvalue weighted by Gasteiger charge is 2.40. The molecule has 3 aliphatic rings. The Balaban J connectivity index is 1.16. The molecule has 0 atom stereocenters. The van der Waals surface area contributed by atoms with Gasteiger partial charge in [0.25, 0.3) is 0 Å². The van der Waals surface area contributed by atoms with Gasteiger partial charge in [0.1, 0.15) is 11.2 Å². The Morgan fingerprint density at radius 1 is 0.929 bits per heavy atom. The van der Waals surface area contributed by atoms with Gasteiger partial charge in [-0.1, -0.05) is 0 Å². The molecule has 3 aromatic heterocycles. The molecule has 226 valence electrons. The van der Waals surface area contributed by atoms with Crippen LogP contribution >= 0.6 is 0 Å². The largest absolute Gasteiger partial charge is 0.443 e. The van der Waals surface area contributed by atoms with Crippen molar-refractivity contribution in [1.29, 1.82) is 0 Å². The van der Waals surface area contributed by atoms with Crippen molar-refractivity contribution < 1.29 is 19.1 Å². The number of hydrogen-bond acceptors (Lipinski definition) is 8. The van der Waals surface area contributed by atoms with E-state index in [1.807, 2.05) is 6.20 Å². The lowest BCUT2D eigenvalue weighted by molar-refractivity contribution is -0.00641. The van der Waals surface area contributed by atoms with Gasteiger partial charge in [0, 0.05) is 55.1 Å². The standard InChI is InChI=1S/C31H43N7O4/c1-30(2,3)41-28(39)36(29(40)42-31(4,5)6)14-19-10-22(11-19)38-18-24(27(34-38)20-8-9-20)26-12-25-21(13-32-26)15-37(33-25)23-16-35(7)17-23/h12-13,15,18-20,22-23H,8-11,14,16-17H2,1-7H3/t19-,22-. The molecule has 1 aliphatic heterocycles. The van der Waals surface area contributed by atoms with E-state index < -0.39 is 23.4 Å². The van der Waals surface area contributed by atoms with Gasteiger partial charge in [-0.25, -0.2) is 14.5 Å². The lowest BCUT2D eigenvalue weighted by atomic mass is 9.80. The molecular formula is C31H43N7O4. The van der Waals surface area contributed by atoms with Crippen LogP contribution in [0, 0.1) is 5.92 Å². The van der Waals surface area contributed by atoms with Gasteiger partial charge in [-0.05, 0) is 86.3 Å². The van der Waals surface area contributed by atoms with Crippen LogP contribution in [-0.2, 0) is 9.47 Å². The van der Waals surface area contributed by atoms with E-state index in [1.54, 1.807) is 41.5 Å². The third-order valence-corrected chi connectivity index (χ3v) is 8.08. The molecule has 0 aromatic carbocycles. The average molecular weight is 578 g/mol. The lowest BCUT2D eigenvalue weighted by Crippen LogP contribution is -2.47. The monoisotopic (exact) mass is 577 g/mol. The van der Waals surface area contributed by atoms with E-state index in [2.05, 4.69) is 39.8 Å². The van der Waals surface area contributed by atoms with Crippen molar-refractivity contribution in [3.05, 3.63) is 30.4 Å². The number of likely N-dealkylation sites (tertiary alicyclic amines) is 1. The first-order chi connectivity index (χ1) is 19.7. The second-order valence-corrected chi connectivity index (χ2v) is 14.4. The second kappa shape index (κ2) is 10.4. The molecular weight excluding hydrogens is 534 g/mol. The van der Waals surface area contributed by atoms with Crippen LogP contribution < -0.4 is 0 Å². The maximum Gasteiger partial charge on any atom is 0.419 e. The van der Waals surface area contributed by atoms with Gasteiger partial charge >= 0.3 is 12.2 Å². The Labute approximate surface area is 247 Å². The summed E-state index contributed by atoms with van der Waals surface area (Å²) in [6, 6.07) is 2.70. The van der Waals surface area contributed by atoms with Crippen molar-refractivity contribution in [2.24, 2.45) is 5.92 Å². The highest BCUT2D eigenvalue weighted by molar-refractivity contribution is 5.88. The molecule has 2 amide bonds. The maximum atomic E-state index is 12.9. The van der Waals surface area contributed by atoms with Gasteiger partial charge < -0.3 is 14.4 Å². The van der Waals surface area contributed by atoms with E-state index in [0.717, 1.165) is 71.5 Å². The summed E-state index contributed by atoms with van der Waals surface area (Å²) in [5.74, 6) is 0.601. The number of pyridine rings is 1. The van der Waals surface area contributed by atoms with E-state index in [1.165, 1.54) is 0 Å². The molecule has 2 aliphatic carbocycles. The van der Waals surface area contributed by atoms with Gasteiger partial charge in [-0.3, -0.25) is 14.3 Å². The summed E-state index contributed by atoms with van der Waals surface area (Å²) in [5.41, 5.74) is 2.61. The van der Waals surface area contributed by atoms with E-state index >= 15 is 0 Å². The van der Waals surface area contributed by atoms with Crippen LogP contribution in [0.25, 0.3) is 22.2 Å². The molecule has 0 unspecified atom stereocenters. The Hall–Kier alpha value is -3.47. The van der Waals surface area contributed by atoms with Gasteiger partial charge in [0.15, 0.2) is 0 Å². The molecule has 0 radical (unpaired) electrons. The molecule has 2 saturated carbocycles. The van der Waals surface area contributed by atoms with Crippen LogP contribution in [0.15, 0.2) is 24.7 Å². The molecule has 3 fully saturated rings. The SMILES string of the molecule is CN1CC(n2cc3cnc(-c4cn([C@H]5C[C@H](CN(C(=O)OC(C)(C)C)C(=O)OC(C)(C)C)C5)nc4C4CC4)cc3n2)C1. The minimum atomic E-state index is -0.715. The van der Waals surface area contributed by atoms with Crippen molar-refractivity contribution in [3.8, 4) is 11.3 Å². The molecule has 3 aromatic rings. The smallest absolute Gasteiger partial charge is 0.419 e. The third-order valence-electron chi connectivity index (χ3n) is 8.08. The summed E-state index contributed by atoms with van der Waals surface area (Å²) in [6.07, 6.45) is 8.69. The molecule has 0 bridgehead atoms. The summed E-state index contributed by atoms with van der Waals surface area (Å²) >= 11 is 0. The fraction of sp³-hybridized carbons (Fsp3) is 0.645. The van der Waals surface area contributed by atoms with Gasteiger partial charge in [-0.2, -0.15) is 10.2 Å². The van der Waals surface area contributed by atoms with Gasteiger partial charge in [-0.15, -0.1) is 0 Å². The Morgan fingerprint density at radius 3 is 2.12 bits per heavy atom. The fourth-order valence-corrected chi connectivity index (χ4v) is 5.73. The van der Waals surface area contributed by atoms with Crippen LogP contribution in [0.5, 0.6) is 0 Å². The number of rotatable bonds is 6. The van der Waals surface area contributed by atoms with E-state index in [0.29, 0.717) is 12.0 Å². The number of aromatic nitrogens is 5. The number of likely N-dealkylation sites (N-methyl/N-ethyl adjacent to an activating group) is 1. The molecule has 0 spiro atoms. The Bertz CT molecular complexity index is 1450. The summed E-state index contributed by atoms with van der Waals surface area (Å²) < 4.78 is 15.2. The fourth-order valence-electron chi connectivity index (χ4n) is 5.73. The number of carbonyl (C=O) groups is 2. The number of ether oxygens (including phenoxy) is 2. The third kappa shape index (κ3) is 6.16. The normalized spacial score (nSPS) is 21.6. The number of fused-ring (bicyclic) bond motifs is 1. The van der Waals surface area contributed by atoms with Crippen molar-refractivity contribution in [2.45, 2.75) is 96.4 Å². The van der Waals surface area contributed by atoms with E-state index in [9.17, 15) is 9.59 Å². The first-order valence-corrected chi connectivity index (χ1v) is 15.1. The maximum absolute atomic E-state index is 12.9. The minimum Gasteiger partial charge on any atom is -0.443 e. The minimum absolute atomic E-state index is 0.135. The highest BCUT2D eigenvalue weighted by Crippen LogP contribution is 2.46. The summed E-state index contributed by atoms with van der Waals surface area (Å²) in [7, 11) is 2.12. The molecule has 6 rings (SSSR count).